The number of likely N-dealkylation sites (tertiary alicyclic amines) is 1. The zero-order chi connectivity index (χ0) is 15.1. The Morgan fingerprint density at radius 1 is 1.35 bits per heavy atom. The van der Waals surface area contributed by atoms with Crippen molar-refractivity contribution in [1.82, 2.24) is 15.1 Å². The molecule has 0 bridgehead atoms. The lowest BCUT2D eigenvalue weighted by atomic mass is 9.92. The van der Waals surface area contributed by atoms with Crippen molar-refractivity contribution in [3.05, 3.63) is 0 Å². The first kappa shape index (κ1) is 17.4. The number of likely N-dealkylation sites (N-methyl/N-ethyl adjacent to an activating group) is 1. The standard InChI is InChI=1S/C16H33N3O/c1-6-10-17-15-9-11-19(12-13(15)4)14(5)16(20)18(7-2)8-3/h13-15,17H,6-12H2,1-5H3. The fourth-order valence-electron chi connectivity index (χ4n) is 3.12. The Balaban J connectivity index is 2.52. The Hall–Kier alpha value is -0.610. The lowest BCUT2D eigenvalue weighted by Gasteiger charge is -2.41. The molecule has 0 aromatic heterocycles. The van der Waals surface area contributed by atoms with Gasteiger partial charge in [0.15, 0.2) is 0 Å². The summed E-state index contributed by atoms with van der Waals surface area (Å²) in [4.78, 5) is 16.7. The monoisotopic (exact) mass is 283 g/mol. The third-order valence-corrected chi connectivity index (χ3v) is 4.57. The molecule has 1 amide bonds. The SMILES string of the molecule is CCCNC1CCN(C(C)C(=O)N(CC)CC)CC1C. The van der Waals surface area contributed by atoms with Crippen LogP contribution in [0.2, 0.25) is 0 Å². The molecule has 0 radical (unpaired) electrons. The molecule has 4 nitrogen and oxygen atoms in total. The molecule has 0 aliphatic carbocycles. The summed E-state index contributed by atoms with van der Waals surface area (Å²) in [5, 5.41) is 3.63. The zero-order valence-electron chi connectivity index (χ0n) is 14.0. The van der Waals surface area contributed by atoms with Gasteiger partial charge in [-0.2, -0.15) is 0 Å². The van der Waals surface area contributed by atoms with E-state index in [2.05, 4.69) is 44.8 Å². The first-order chi connectivity index (χ1) is 9.54. The van der Waals surface area contributed by atoms with Crippen LogP contribution in [-0.2, 0) is 4.79 Å². The highest BCUT2D eigenvalue weighted by Gasteiger charge is 2.31. The summed E-state index contributed by atoms with van der Waals surface area (Å²) >= 11 is 0. The summed E-state index contributed by atoms with van der Waals surface area (Å²) in [6, 6.07) is 0.631. The third kappa shape index (κ3) is 4.45. The zero-order valence-corrected chi connectivity index (χ0v) is 14.0. The second-order valence-corrected chi connectivity index (χ2v) is 6.01. The van der Waals surface area contributed by atoms with Crippen molar-refractivity contribution in [3.63, 3.8) is 0 Å². The highest BCUT2D eigenvalue weighted by molar-refractivity contribution is 5.81. The first-order valence-electron chi connectivity index (χ1n) is 8.31. The van der Waals surface area contributed by atoms with Gasteiger partial charge in [0.05, 0.1) is 6.04 Å². The van der Waals surface area contributed by atoms with E-state index in [0.717, 1.165) is 39.1 Å². The van der Waals surface area contributed by atoms with Crippen LogP contribution in [0.3, 0.4) is 0 Å². The van der Waals surface area contributed by atoms with Gasteiger partial charge in [-0.05, 0) is 46.1 Å². The maximum absolute atomic E-state index is 12.4. The molecule has 1 saturated heterocycles. The molecule has 118 valence electrons. The van der Waals surface area contributed by atoms with Gasteiger partial charge in [-0.25, -0.2) is 0 Å². The van der Waals surface area contributed by atoms with Gasteiger partial charge in [0.2, 0.25) is 5.91 Å². The van der Waals surface area contributed by atoms with Gasteiger partial charge in [-0.15, -0.1) is 0 Å². The average molecular weight is 283 g/mol. The van der Waals surface area contributed by atoms with Gasteiger partial charge in [-0.3, -0.25) is 9.69 Å². The molecular formula is C16H33N3O. The summed E-state index contributed by atoms with van der Waals surface area (Å²) in [6.07, 6.45) is 2.33. The molecule has 1 fully saturated rings. The smallest absolute Gasteiger partial charge is 0.239 e. The fourth-order valence-corrected chi connectivity index (χ4v) is 3.12. The molecule has 4 heteroatoms. The van der Waals surface area contributed by atoms with Crippen molar-refractivity contribution >= 4 is 5.91 Å². The van der Waals surface area contributed by atoms with Crippen LogP contribution in [0.5, 0.6) is 0 Å². The van der Waals surface area contributed by atoms with Gasteiger partial charge in [0, 0.05) is 32.2 Å². The Kier molecular flexibility index (Phi) is 7.52. The molecule has 20 heavy (non-hydrogen) atoms. The first-order valence-corrected chi connectivity index (χ1v) is 8.31. The molecule has 0 aromatic carbocycles. The predicted octanol–water partition coefficient (Wildman–Crippen LogP) is 1.95. The van der Waals surface area contributed by atoms with Crippen LogP contribution in [0.4, 0.5) is 0 Å². The van der Waals surface area contributed by atoms with E-state index in [1.54, 1.807) is 0 Å². The quantitative estimate of drug-likeness (QED) is 0.776. The van der Waals surface area contributed by atoms with E-state index in [1.807, 2.05) is 4.90 Å². The van der Waals surface area contributed by atoms with Crippen LogP contribution in [0.1, 0.15) is 47.5 Å². The molecule has 3 unspecified atom stereocenters. The largest absolute Gasteiger partial charge is 0.342 e. The molecule has 0 saturated carbocycles. The van der Waals surface area contributed by atoms with Gasteiger partial charge in [-0.1, -0.05) is 13.8 Å². The number of hydrogen-bond donors (Lipinski definition) is 1. The summed E-state index contributed by atoms with van der Waals surface area (Å²) in [6.45, 7) is 15.4. The van der Waals surface area contributed by atoms with Gasteiger partial charge in [0.1, 0.15) is 0 Å². The van der Waals surface area contributed by atoms with Crippen LogP contribution in [0, 0.1) is 5.92 Å². The minimum atomic E-state index is 0.0180. The van der Waals surface area contributed by atoms with Crippen LogP contribution >= 0.6 is 0 Å². The van der Waals surface area contributed by atoms with Crippen molar-refractivity contribution in [2.24, 2.45) is 5.92 Å². The summed E-state index contributed by atoms with van der Waals surface area (Å²) in [7, 11) is 0. The molecule has 1 aliphatic rings. The van der Waals surface area contributed by atoms with Crippen LogP contribution in [0.25, 0.3) is 0 Å². The van der Waals surface area contributed by atoms with E-state index >= 15 is 0 Å². The minimum absolute atomic E-state index is 0.0180. The molecule has 1 aliphatic heterocycles. The number of carbonyl (C=O) groups excluding carboxylic acids is 1. The number of amides is 1. The van der Waals surface area contributed by atoms with Crippen molar-refractivity contribution in [2.45, 2.75) is 59.5 Å². The van der Waals surface area contributed by atoms with Crippen LogP contribution < -0.4 is 5.32 Å². The normalized spacial score (nSPS) is 25.4. The van der Waals surface area contributed by atoms with E-state index in [4.69, 9.17) is 0 Å². The Labute approximate surface area is 124 Å². The molecule has 1 heterocycles. The Morgan fingerprint density at radius 3 is 2.50 bits per heavy atom. The van der Waals surface area contributed by atoms with Crippen LogP contribution in [-0.4, -0.2) is 60.5 Å². The summed E-state index contributed by atoms with van der Waals surface area (Å²) in [5.41, 5.74) is 0. The second-order valence-electron chi connectivity index (χ2n) is 6.01. The number of carbonyl (C=O) groups is 1. The molecule has 3 atom stereocenters. The highest BCUT2D eigenvalue weighted by atomic mass is 16.2. The topological polar surface area (TPSA) is 35.6 Å². The van der Waals surface area contributed by atoms with Crippen molar-refractivity contribution in [2.75, 3.05) is 32.7 Å². The number of piperidine rings is 1. The maximum atomic E-state index is 12.4. The van der Waals surface area contributed by atoms with E-state index < -0.39 is 0 Å². The molecule has 1 rings (SSSR count). The summed E-state index contributed by atoms with van der Waals surface area (Å²) in [5.74, 6) is 0.893. The van der Waals surface area contributed by atoms with E-state index in [0.29, 0.717) is 12.0 Å². The summed E-state index contributed by atoms with van der Waals surface area (Å²) < 4.78 is 0. The second kappa shape index (κ2) is 8.63. The average Bonchev–Trinajstić information content (AvgIpc) is 2.46. The number of nitrogens with one attached hydrogen (secondary N) is 1. The molecule has 0 spiro atoms. The lowest BCUT2D eigenvalue weighted by molar-refractivity contribution is -0.136. The van der Waals surface area contributed by atoms with E-state index in [1.165, 1.54) is 6.42 Å². The maximum Gasteiger partial charge on any atom is 0.239 e. The lowest BCUT2D eigenvalue weighted by Crippen LogP contribution is -2.55. The van der Waals surface area contributed by atoms with Gasteiger partial charge >= 0.3 is 0 Å². The number of hydrogen-bond acceptors (Lipinski definition) is 3. The van der Waals surface area contributed by atoms with Gasteiger partial charge in [0.25, 0.3) is 0 Å². The Bertz CT molecular complexity index is 291. The fraction of sp³-hybridized carbons (Fsp3) is 0.938. The predicted molar refractivity (Wildman–Crippen MR) is 84.8 cm³/mol. The van der Waals surface area contributed by atoms with E-state index in [-0.39, 0.29) is 11.9 Å². The highest BCUT2D eigenvalue weighted by Crippen LogP contribution is 2.19. The molecule has 0 aromatic rings. The molecular weight excluding hydrogens is 250 g/mol. The molecule has 1 N–H and O–H groups in total. The van der Waals surface area contributed by atoms with Crippen molar-refractivity contribution < 1.29 is 4.79 Å². The van der Waals surface area contributed by atoms with Crippen molar-refractivity contribution in [3.8, 4) is 0 Å². The number of rotatable bonds is 7. The minimum Gasteiger partial charge on any atom is -0.342 e. The van der Waals surface area contributed by atoms with E-state index in [9.17, 15) is 4.79 Å². The van der Waals surface area contributed by atoms with Gasteiger partial charge < -0.3 is 10.2 Å². The van der Waals surface area contributed by atoms with Crippen molar-refractivity contribution in [1.29, 1.82) is 0 Å². The Morgan fingerprint density at radius 2 is 2.00 bits per heavy atom. The van der Waals surface area contributed by atoms with Crippen LogP contribution in [0.15, 0.2) is 0 Å². The number of nitrogens with zero attached hydrogens (tertiary/aromatic N) is 2. The third-order valence-electron chi connectivity index (χ3n) is 4.57.